The number of nitrogens with zero attached hydrogens (tertiary/aromatic N) is 7. The molecule has 1 aliphatic heterocycles. The third-order valence-electron chi connectivity index (χ3n) is 23.0. The predicted molar refractivity (Wildman–Crippen MR) is 481 cm³/mol. The number of hydrogen-bond donors (Lipinski definition) is 6. The molecule has 0 bridgehead atoms. The monoisotopic (exact) mass is 1680 g/mol. The number of ketones is 8. The van der Waals surface area contributed by atoms with Crippen molar-refractivity contribution in [3.05, 3.63) is 158 Å². The summed E-state index contributed by atoms with van der Waals surface area (Å²) in [6, 6.07) is 29.5. The minimum Gasteiger partial charge on any atom is -0.507 e. The van der Waals surface area contributed by atoms with E-state index in [0.717, 1.165) is 224 Å². The minimum absolute atomic E-state index is 0. The molecule has 0 spiro atoms. The van der Waals surface area contributed by atoms with Gasteiger partial charge in [0.05, 0.1) is 55.4 Å². The van der Waals surface area contributed by atoms with Crippen LogP contribution in [0, 0.1) is 0 Å². The number of nitrogens with one attached hydrogen (secondary N) is 1. The van der Waals surface area contributed by atoms with E-state index in [2.05, 4.69) is 61.8 Å². The number of benzene rings is 8. The fraction of sp³-hybridized carbons (Fsp3) is 0.391. The lowest BCUT2D eigenvalue weighted by Gasteiger charge is -2.20. The first-order valence-corrected chi connectivity index (χ1v) is 38.9. The normalized spacial score (nSPS) is 14.0. The van der Waals surface area contributed by atoms with Gasteiger partial charge in [-0.2, -0.15) is 0 Å². The first kappa shape index (κ1) is 94.5. The predicted octanol–water partition coefficient (Wildman–Crippen LogP) is 18.8. The van der Waals surface area contributed by atoms with E-state index < -0.39 is 0 Å². The van der Waals surface area contributed by atoms with E-state index in [1.807, 2.05) is 61.1 Å². The fourth-order valence-corrected chi connectivity index (χ4v) is 17.5. The lowest BCUT2D eigenvalue weighted by molar-refractivity contribution is 0.0986. The Morgan fingerprint density at radius 1 is 0.402 bits per heavy atom. The zero-order chi connectivity index (χ0) is 79.3. The Morgan fingerprint density at radius 3 is 0.983 bits per heavy atom. The molecule has 0 unspecified atom stereocenters. The van der Waals surface area contributed by atoms with Gasteiger partial charge in [0.2, 0.25) is 0 Å². The zero-order valence-electron chi connectivity index (χ0n) is 67.1. The van der Waals surface area contributed by atoms with Crippen LogP contribution >= 0.6 is 49.6 Å². The molecule has 16 rings (SSSR count). The van der Waals surface area contributed by atoms with Crippen molar-refractivity contribution >= 4 is 183 Å². The third kappa shape index (κ3) is 18.5. The van der Waals surface area contributed by atoms with Crippen LogP contribution in [0.1, 0.15) is 220 Å². The third-order valence-corrected chi connectivity index (χ3v) is 23.0. The summed E-state index contributed by atoms with van der Waals surface area (Å²) < 4.78 is 8.71. The number of carbonyl (C=O) groups is 8. The van der Waals surface area contributed by atoms with E-state index in [0.29, 0.717) is 48.5 Å². The van der Waals surface area contributed by atoms with Crippen LogP contribution in [0.5, 0.6) is 28.7 Å². The van der Waals surface area contributed by atoms with E-state index in [4.69, 9.17) is 0 Å². The number of aromatic nitrogens is 4. The Bertz CT molecular complexity index is 5790. The van der Waals surface area contributed by atoms with Crippen molar-refractivity contribution in [2.45, 2.75) is 172 Å². The summed E-state index contributed by atoms with van der Waals surface area (Å²) in [5.74, 6) is -0.438. The van der Waals surface area contributed by atoms with E-state index in [-0.39, 0.29) is 151 Å². The average Bonchev–Trinajstić information content (AvgIpc) is 1.56. The Morgan fingerprint density at radius 2 is 0.692 bits per heavy atom. The molecule has 21 nitrogen and oxygen atoms in total. The molecule has 0 saturated carbocycles. The van der Waals surface area contributed by atoms with Crippen LogP contribution in [0.15, 0.2) is 97.1 Å². The molecule has 8 aromatic carbocycles. The van der Waals surface area contributed by atoms with Crippen molar-refractivity contribution in [3.63, 3.8) is 0 Å². The highest BCUT2D eigenvalue weighted by Gasteiger charge is 2.31. The Hall–Kier alpha value is -9.68. The van der Waals surface area contributed by atoms with Crippen LogP contribution in [0.4, 0.5) is 0 Å². The molecular formula is C92H112Cl4N8O13. The van der Waals surface area contributed by atoms with Gasteiger partial charge < -0.3 is 63.8 Å². The van der Waals surface area contributed by atoms with Gasteiger partial charge in [0, 0.05) is 158 Å². The van der Waals surface area contributed by atoms with Gasteiger partial charge in [-0.15, -0.1) is 49.6 Å². The molecule has 5 heterocycles. The van der Waals surface area contributed by atoms with Crippen LogP contribution in [0.2, 0.25) is 0 Å². The minimum atomic E-state index is -0.228. The molecule has 12 aromatic rings. The summed E-state index contributed by atoms with van der Waals surface area (Å²) in [6.45, 7) is 17.4. The van der Waals surface area contributed by atoms with Crippen molar-refractivity contribution in [1.82, 2.24) is 38.3 Å². The number of hydrogen-bond acceptors (Lipinski definition) is 17. The molecule has 0 radical (unpaired) electrons. The second-order valence-corrected chi connectivity index (χ2v) is 31.0. The van der Waals surface area contributed by atoms with Crippen molar-refractivity contribution in [2.24, 2.45) is 0 Å². The van der Waals surface area contributed by atoms with Gasteiger partial charge in [0.25, 0.3) is 0 Å². The van der Waals surface area contributed by atoms with Gasteiger partial charge in [-0.3, -0.25) is 38.4 Å². The molecule has 4 aromatic heterocycles. The molecular weight excluding hydrogens is 1570 g/mol. The Balaban J connectivity index is 0.000000212. The lowest BCUT2D eigenvalue weighted by atomic mass is 10.0. The van der Waals surface area contributed by atoms with Crippen LogP contribution in [-0.2, 0) is 45.4 Å². The van der Waals surface area contributed by atoms with Crippen molar-refractivity contribution in [2.75, 3.05) is 68.0 Å². The summed E-state index contributed by atoms with van der Waals surface area (Å²) in [6.07, 6.45) is 11.3. The van der Waals surface area contributed by atoms with E-state index >= 15 is 0 Å². The van der Waals surface area contributed by atoms with Gasteiger partial charge in [-0.05, 0) is 250 Å². The van der Waals surface area contributed by atoms with Gasteiger partial charge in [0.15, 0.2) is 46.3 Å². The topological polar surface area (TPSA) is 279 Å². The van der Waals surface area contributed by atoms with E-state index in [9.17, 15) is 63.9 Å². The highest BCUT2D eigenvalue weighted by Crippen LogP contribution is 2.45. The van der Waals surface area contributed by atoms with Crippen molar-refractivity contribution in [1.29, 1.82) is 0 Å². The van der Waals surface area contributed by atoms with Crippen LogP contribution < -0.4 is 5.32 Å². The Kier molecular flexibility index (Phi) is 31.7. The summed E-state index contributed by atoms with van der Waals surface area (Å²) in [5, 5.41) is 62.9. The number of fused-ring (bicyclic) bond motifs is 18. The molecule has 1 fully saturated rings. The van der Waals surface area contributed by atoms with Crippen LogP contribution in [-0.4, -0.2) is 179 Å². The van der Waals surface area contributed by atoms with Gasteiger partial charge >= 0.3 is 0 Å². The highest BCUT2D eigenvalue weighted by atomic mass is 35.5. The number of rotatable bonds is 22. The average molecular weight is 1680 g/mol. The molecule has 25 heteroatoms. The smallest absolute Gasteiger partial charge is 0.163 e. The number of likely N-dealkylation sites (tertiary alicyclic amines) is 1. The molecule has 0 amide bonds. The maximum absolute atomic E-state index is 12.3. The molecule has 3 aliphatic carbocycles. The quantitative estimate of drug-likeness (QED) is 0.0272. The number of phenolic OH excluding ortho intramolecular Hbond substituents is 5. The Labute approximate surface area is 708 Å². The molecule has 117 heavy (non-hydrogen) atoms. The number of aromatic hydroxyl groups is 5. The largest absolute Gasteiger partial charge is 0.507 e. The van der Waals surface area contributed by atoms with Gasteiger partial charge in [-0.1, -0.05) is 21.8 Å². The van der Waals surface area contributed by atoms with Gasteiger partial charge in [0.1, 0.15) is 28.7 Å². The molecule has 1 saturated heterocycles. The van der Waals surface area contributed by atoms with Crippen molar-refractivity contribution < 1.29 is 63.9 Å². The SMILES string of the molecule is C.C.CC(=O)c1cc2c3c4c(ccc3n(CCCN(C)C)c2cc1O)C(=O)CC4.CC(=O)c1cc2c3c4c(ccc3n(CC[C@H]3CCCN3C)c2cc1O)C(=O)CC4.CC(=O)c1cc2c3cc(C(C)=O)c(O)cc3n(CCCN(C)C)c2cc1O.CCCNCCCn1c2cc(O)c(C(C)=O)cc2c2c3c(ccc21)C(=O)CC3.Cl.Cl.Cl.Cl. The number of Topliss-reactive ketones (excluding diaryl/α,β-unsaturated/α-hetero) is 8. The number of phenols is 5. The van der Waals surface area contributed by atoms with Crippen molar-refractivity contribution in [3.8, 4) is 28.7 Å². The summed E-state index contributed by atoms with van der Waals surface area (Å²) in [4.78, 5) is 103. The standard InChI is InChI=1S/C24H26N2O3.C23H26N2O3.C22H24N2O3.C21H24N2O4.2CH4.4ClH/c1-14(27)18-12-19-21(13-23(18)29)26(11-9-15-4-3-10-25(15)2)20-7-5-16-17(24(19)20)6-8-22(16)28;1-3-9-24-10-4-11-25-19-7-5-15-16(6-8-21(15)27)23(19)18-12-17(14(2)26)22(28)13-20(18)25;1-13(25)16-11-17-19(12-21(16)27)24(10-4-9-23(2)3)18-7-5-14-15(22(17)18)6-8-20(14)26;1-12(24)14-8-16-17-9-15(13(2)25)21(27)11-19(17)23(7-5-6-22(3)4)18(16)10-20(14)26;;;;;;/h5,7,12-13,15,29H,3-4,6,8-11H2,1-2H3;5,7,12-13,24,28H,3-4,6,8-11H2,1-2H3;5,7,11-12,27H,4,6,8-10H2,1-3H3;8-11,26-27H,5-7H2,1-4H3;2*1H4;4*1H/t15-;;;;;;;;;/m1........./s1. The second-order valence-electron chi connectivity index (χ2n) is 31.0. The number of halogens is 4. The maximum Gasteiger partial charge on any atom is 0.163 e. The summed E-state index contributed by atoms with van der Waals surface area (Å²) in [5.41, 5.74) is 14.7. The summed E-state index contributed by atoms with van der Waals surface area (Å²) >= 11 is 0. The van der Waals surface area contributed by atoms with Gasteiger partial charge in [-0.25, -0.2) is 0 Å². The highest BCUT2D eigenvalue weighted by molar-refractivity contribution is 6.21. The fourth-order valence-electron chi connectivity index (χ4n) is 17.5. The van der Waals surface area contributed by atoms with E-state index in [1.165, 1.54) is 47.5 Å². The zero-order valence-corrected chi connectivity index (χ0v) is 70.4. The van der Waals surface area contributed by atoms with E-state index in [1.54, 1.807) is 54.6 Å². The van der Waals surface area contributed by atoms with Crippen LogP contribution in [0.3, 0.4) is 0 Å². The first-order valence-electron chi connectivity index (χ1n) is 38.9. The summed E-state index contributed by atoms with van der Waals surface area (Å²) in [7, 11) is 10.3. The second kappa shape index (κ2) is 39.3. The lowest BCUT2D eigenvalue weighted by Crippen LogP contribution is -2.26. The molecule has 626 valence electrons. The molecule has 1 atom stereocenters. The molecule has 6 N–H and O–H groups in total. The number of carbonyl (C=O) groups excluding carboxylic acids is 8. The first-order chi connectivity index (χ1) is 53.1. The van der Waals surface area contributed by atoms with Crippen LogP contribution in [0.25, 0.3) is 87.2 Å². The number of aryl methyl sites for hydroxylation is 7. The molecule has 4 aliphatic rings. The maximum atomic E-state index is 12.3.